The summed E-state index contributed by atoms with van der Waals surface area (Å²) in [6, 6.07) is 13.8. The number of halogens is 2. The van der Waals surface area contributed by atoms with Crippen molar-refractivity contribution < 1.29 is 13.6 Å². The van der Waals surface area contributed by atoms with Gasteiger partial charge in [0.15, 0.2) is 5.17 Å². The van der Waals surface area contributed by atoms with E-state index in [0.717, 1.165) is 5.75 Å². The van der Waals surface area contributed by atoms with E-state index in [-0.39, 0.29) is 5.91 Å². The number of nitrogens with one attached hydrogen (secondary N) is 2. The molecule has 3 rings (SSSR count). The van der Waals surface area contributed by atoms with Gasteiger partial charge < -0.3 is 10.6 Å². The number of thioether (sulfide) groups is 2. The number of anilines is 2. The molecular formula is C17H15F2N3OS2. The molecule has 2 aromatic carbocycles. The molecule has 0 saturated heterocycles. The van der Waals surface area contributed by atoms with Gasteiger partial charge in [-0.1, -0.05) is 35.7 Å². The number of hydrogen-bond acceptors (Lipinski definition) is 5. The minimum Gasteiger partial charge on any atom is -0.355 e. The van der Waals surface area contributed by atoms with Crippen LogP contribution in [0.2, 0.25) is 0 Å². The zero-order valence-corrected chi connectivity index (χ0v) is 14.7. The molecule has 0 aliphatic carbocycles. The summed E-state index contributed by atoms with van der Waals surface area (Å²) in [6.07, 6.45) is 0. The Morgan fingerprint density at radius 1 is 1.16 bits per heavy atom. The van der Waals surface area contributed by atoms with E-state index in [1.165, 1.54) is 11.8 Å². The first-order valence-electron chi connectivity index (χ1n) is 7.51. The summed E-state index contributed by atoms with van der Waals surface area (Å²) in [5.74, 6) is -1.81. The van der Waals surface area contributed by atoms with Crippen LogP contribution in [0, 0.1) is 0 Å². The quantitative estimate of drug-likeness (QED) is 0.747. The number of amidine groups is 1. The van der Waals surface area contributed by atoms with Crippen LogP contribution in [0.15, 0.2) is 58.4 Å². The van der Waals surface area contributed by atoms with Crippen molar-refractivity contribution >= 4 is 46.0 Å². The SMILES string of the molecule is O=C(NC1=NCCS1)c1ccccc1Nc1ccc(SC(F)F)cc1. The van der Waals surface area contributed by atoms with Gasteiger partial charge in [-0.05, 0) is 36.4 Å². The molecule has 2 N–H and O–H groups in total. The molecular weight excluding hydrogens is 364 g/mol. The number of amides is 1. The molecule has 1 amide bonds. The Morgan fingerprint density at radius 2 is 1.92 bits per heavy atom. The van der Waals surface area contributed by atoms with E-state index in [0.29, 0.717) is 45.3 Å². The molecule has 0 spiro atoms. The molecule has 2 aromatic rings. The number of aliphatic imine (C=N–C) groups is 1. The first kappa shape index (κ1) is 17.8. The van der Waals surface area contributed by atoms with Crippen LogP contribution < -0.4 is 10.6 Å². The van der Waals surface area contributed by atoms with Crippen molar-refractivity contribution in [2.45, 2.75) is 10.7 Å². The van der Waals surface area contributed by atoms with Crippen molar-refractivity contribution in [3.8, 4) is 0 Å². The molecule has 0 radical (unpaired) electrons. The molecule has 1 aliphatic rings. The maximum atomic E-state index is 12.5. The van der Waals surface area contributed by atoms with Crippen molar-refractivity contribution in [1.29, 1.82) is 0 Å². The molecule has 0 unspecified atom stereocenters. The maximum Gasteiger partial charge on any atom is 0.288 e. The van der Waals surface area contributed by atoms with Gasteiger partial charge in [0.25, 0.3) is 11.7 Å². The first-order valence-corrected chi connectivity index (χ1v) is 9.38. The van der Waals surface area contributed by atoms with E-state index in [1.807, 2.05) is 6.07 Å². The smallest absolute Gasteiger partial charge is 0.288 e. The fraction of sp³-hybridized carbons (Fsp3) is 0.176. The van der Waals surface area contributed by atoms with Crippen molar-refractivity contribution in [2.24, 2.45) is 4.99 Å². The summed E-state index contributed by atoms with van der Waals surface area (Å²) >= 11 is 2.01. The van der Waals surface area contributed by atoms with Crippen LogP contribution in [-0.4, -0.2) is 29.1 Å². The summed E-state index contributed by atoms with van der Waals surface area (Å²) in [5, 5.41) is 6.59. The number of para-hydroxylation sites is 1. The van der Waals surface area contributed by atoms with Crippen LogP contribution in [0.4, 0.5) is 20.2 Å². The topological polar surface area (TPSA) is 53.5 Å². The van der Waals surface area contributed by atoms with Crippen LogP contribution >= 0.6 is 23.5 Å². The highest BCUT2D eigenvalue weighted by Gasteiger charge is 2.15. The average Bonchev–Trinajstić information content (AvgIpc) is 3.09. The molecule has 0 bridgehead atoms. The van der Waals surface area contributed by atoms with Gasteiger partial charge in [0.05, 0.1) is 17.8 Å². The molecule has 4 nitrogen and oxygen atoms in total. The van der Waals surface area contributed by atoms with Crippen molar-refractivity contribution in [2.75, 3.05) is 17.6 Å². The van der Waals surface area contributed by atoms with E-state index in [9.17, 15) is 13.6 Å². The largest absolute Gasteiger partial charge is 0.355 e. The Morgan fingerprint density at radius 3 is 2.60 bits per heavy atom. The van der Waals surface area contributed by atoms with Gasteiger partial charge in [-0.15, -0.1) is 0 Å². The molecule has 1 aliphatic heterocycles. The highest BCUT2D eigenvalue weighted by molar-refractivity contribution is 8.14. The Balaban J connectivity index is 1.73. The summed E-state index contributed by atoms with van der Waals surface area (Å²) in [4.78, 5) is 17.2. The number of carbonyl (C=O) groups is 1. The predicted molar refractivity (Wildman–Crippen MR) is 100 cm³/mol. The minimum absolute atomic E-state index is 0.235. The zero-order valence-electron chi connectivity index (χ0n) is 13.0. The highest BCUT2D eigenvalue weighted by atomic mass is 32.2. The van der Waals surface area contributed by atoms with Gasteiger partial charge in [-0.25, -0.2) is 0 Å². The van der Waals surface area contributed by atoms with Crippen LogP contribution in [0.5, 0.6) is 0 Å². The monoisotopic (exact) mass is 379 g/mol. The molecule has 0 saturated carbocycles. The Kier molecular flexibility index (Phi) is 5.93. The minimum atomic E-state index is -2.44. The highest BCUT2D eigenvalue weighted by Crippen LogP contribution is 2.28. The standard InChI is InChI=1S/C17H15F2N3OS2/c18-16(19)25-12-7-5-11(6-8-12)21-14-4-2-1-3-13(14)15(23)22-17-20-9-10-24-17/h1-8,16,21H,9-10H2,(H,20,22,23). The van der Waals surface area contributed by atoms with Gasteiger partial charge in [0.1, 0.15) is 0 Å². The third kappa shape index (κ3) is 4.96. The lowest BCUT2D eigenvalue weighted by atomic mass is 10.1. The van der Waals surface area contributed by atoms with Gasteiger partial charge in [-0.3, -0.25) is 9.79 Å². The second kappa shape index (κ2) is 8.35. The molecule has 0 aromatic heterocycles. The van der Waals surface area contributed by atoms with Crippen LogP contribution in [0.1, 0.15) is 10.4 Å². The van der Waals surface area contributed by atoms with Gasteiger partial charge in [0, 0.05) is 16.3 Å². The molecule has 8 heteroatoms. The van der Waals surface area contributed by atoms with E-state index in [2.05, 4.69) is 15.6 Å². The molecule has 0 atom stereocenters. The van der Waals surface area contributed by atoms with Gasteiger partial charge in [-0.2, -0.15) is 8.78 Å². The van der Waals surface area contributed by atoms with Crippen molar-refractivity contribution in [3.63, 3.8) is 0 Å². The fourth-order valence-electron chi connectivity index (χ4n) is 2.24. The molecule has 0 fully saturated rings. The zero-order chi connectivity index (χ0) is 17.6. The Labute approximate surface area is 152 Å². The van der Waals surface area contributed by atoms with E-state index >= 15 is 0 Å². The van der Waals surface area contributed by atoms with Gasteiger partial charge in [0.2, 0.25) is 0 Å². The normalized spacial score (nSPS) is 13.6. The maximum absolute atomic E-state index is 12.5. The Bertz CT molecular complexity index is 782. The average molecular weight is 379 g/mol. The van der Waals surface area contributed by atoms with E-state index < -0.39 is 5.76 Å². The van der Waals surface area contributed by atoms with E-state index in [1.54, 1.807) is 42.5 Å². The summed E-state index contributed by atoms with van der Waals surface area (Å²) in [7, 11) is 0. The summed E-state index contributed by atoms with van der Waals surface area (Å²) < 4.78 is 24.7. The lowest BCUT2D eigenvalue weighted by Gasteiger charge is -2.12. The molecule has 130 valence electrons. The number of nitrogens with zero attached hydrogens (tertiary/aromatic N) is 1. The number of rotatable bonds is 5. The third-order valence-electron chi connectivity index (χ3n) is 3.34. The summed E-state index contributed by atoms with van der Waals surface area (Å²) in [6.45, 7) is 0.711. The number of alkyl halides is 2. The van der Waals surface area contributed by atoms with Crippen molar-refractivity contribution in [3.05, 3.63) is 54.1 Å². The fourth-order valence-corrected chi connectivity index (χ4v) is 3.46. The van der Waals surface area contributed by atoms with Crippen molar-refractivity contribution in [1.82, 2.24) is 5.32 Å². The van der Waals surface area contributed by atoms with Crippen LogP contribution in [-0.2, 0) is 0 Å². The first-order chi connectivity index (χ1) is 12.1. The summed E-state index contributed by atoms with van der Waals surface area (Å²) in [5.41, 5.74) is 1.84. The second-order valence-electron chi connectivity index (χ2n) is 5.06. The number of benzene rings is 2. The Hall–Kier alpha value is -2.06. The number of hydrogen-bond donors (Lipinski definition) is 2. The molecule has 1 heterocycles. The van der Waals surface area contributed by atoms with E-state index in [4.69, 9.17) is 0 Å². The van der Waals surface area contributed by atoms with Gasteiger partial charge >= 0.3 is 0 Å². The second-order valence-corrected chi connectivity index (χ2v) is 7.21. The lowest BCUT2D eigenvalue weighted by molar-refractivity contribution is 0.0979. The lowest BCUT2D eigenvalue weighted by Crippen LogP contribution is -2.27. The number of carbonyl (C=O) groups excluding carboxylic acids is 1. The predicted octanol–water partition coefficient (Wildman–Crippen LogP) is 4.58. The third-order valence-corrected chi connectivity index (χ3v) is 4.95. The van der Waals surface area contributed by atoms with Crippen LogP contribution in [0.3, 0.4) is 0 Å². The van der Waals surface area contributed by atoms with Crippen LogP contribution in [0.25, 0.3) is 0 Å². The molecule has 25 heavy (non-hydrogen) atoms.